The quantitative estimate of drug-likeness (QED) is 0.504. The van der Waals surface area contributed by atoms with Crippen molar-refractivity contribution >= 4 is 30.5 Å². The van der Waals surface area contributed by atoms with Gasteiger partial charge < -0.3 is 5.73 Å². The van der Waals surface area contributed by atoms with Gasteiger partial charge >= 0.3 is 6.03 Å². The molecule has 0 aliphatic carbocycles. The van der Waals surface area contributed by atoms with Crippen LogP contribution in [0.3, 0.4) is 0 Å². The Kier molecular flexibility index (Phi) is 2.15. The topological polar surface area (TPSA) is 67.8 Å². The number of carbonyl (C=O) groups is 1. The summed E-state index contributed by atoms with van der Waals surface area (Å²) in [5, 5.41) is 0. The van der Waals surface area contributed by atoms with Crippen LogP contribution >= 0.6 is 12.4 Å². The van der Waals surface area contributed by atoms with Crippen molar-refractivity contribution in [2.24, 2.45) is 15.7 Å². The molecule has 0 saturated carbocycles. The van der Waals surface area contributed by atoms with E-state index in [1.54, 1.807) is 0 Å². The zero-order valence-corrected chi connectivity index (χ0v) is 4.68. The molecule has 0 saturated heterocycles. The van der Waals surface area contributed by atoms with E-state index in [0.29, 0.717) is 0 Å². The number of nitrogens with two attached hydrogens (primary N) is 1. The van der Waals surface area contributed by atoms with Gasteiger partial charge in [-0.1, -0.05) is 0 Å². The minimum atomic E-state index is -0.516. The van der Waals surface area contributed by atoms with Crippen LogP contribution in [-0.2, 0) is 0 Å². The first kappa shape index (κ1) is 7.10. The maximum absolute atomic E-state index is 9.99. The fourth-order valence-electron chi connectivity index (χ4n) is 0.290. The van der Waals surface area contributed by atoms with Gasteiger partial charge in [0.25, 0.3) is 0 Å². The molecule has 44 valence electrons. The zero-order valence-electron chi connectivity index (χ0n) is 3.87. The van der Waals surface area contributed by atoms with Crippen molar-refractivity contribution in [3.8, 4) is 0 Å². The van der Waals surface area contributed by atoms with E-state index in [-0.39, 0.29) is 18.2 Å². The lowest BCUT2D eigenvalue weighted by Crippen LogP contribution is -2.08. The summed E-state index contributed by atoms with van der Waals surface area (Å²) in [4.78, 5) is 16.4. The fraction of sp³-hybridized carbons (Fsp3) is 0. The van der Waals surface area contributed by atoms with Crippen LogP contribution < -0.4 is 5.73 Å². The maximum atomic E-state index is 9.99. The van der Waals surface area contributed by atoms with Gasteiger partial charge in [-0.3, -0.25) is 0 Å². The lowest BCUT2D eigenvalue weighted by atomic mass is 10.7. The molecule has 1 aliphatic heterocycles. The summed E-state index contributed by atoms with van der Waals surface area (Å²) < 4.78 is 0. The van der Waals surface area contributed by atoms with E-state index < -0.39 is 6.03 Å². The number of aliphatic imine (C=N–C) groups is 2. The molecule has 1 heterocycles. The summed E-state index contributed by atoms with van der Waals surface area (Å²) in [6.45, 7) is 0. The average Bonchev–Trinajstić information content (AvgIpc) is 1.87. The van der Waals surface area contributed by atoms with Crippen LogP contribution in [0.2, 0.25) is 0 Å². The minimum Gasteiger partial charge on any atom is -0.382 e. The second-order valence-electron chi connectivity index (χ2n) is 1.08. The molecule has 1 rings (SSSR count). The molecule has 0 aromatic heterocycles. The molecule has 2 amide bonds. The van der Waals surface area contributed by atoms with Gasteiger partial charge in [-0.15, -0.1) is 12.4 Å². The molecule has 0 aromatic carbocycles. The Balaban J connectivity index is 0.000000490. The van der Waals surface area contributed by atoms with E-state index in [1.165, 1.54) is 6.21 Å². The lowest BCUT2D eigenvalue weighted by molar-refractivity contribution is 0.257. The van der Waals surface area contributed by atoms with Gasteiger partial charge in [-0.05, 0) is 0 Å². The maximum Gasteiger partial charge on any atom is 0.369 e. The van der Waals surface area contributed by atoms with Gasteiger partial charge in [-0.25, -0.2) is 4.79 Å². The molecule has 0 bridgehead atoms. The van der Waals surface area contributed by atoms with E-state index in [0.717, 1.165) is 0 Å². The predicted octanol–water partition coefficient (Wildman–Crippen LogP) is -0.0302. The highest BCUT2D eigenvalue weighted by atomic mass is 35.5. The number of urea groups is 1. The molecular formula is C3H4ClN3O. The van der Waals surface area contributed by atoms with E-state index in [2.05, 4.69) is 9.98 Å². The number of halogens is 1. The van der Waals surface area contributed by atoms with E-state index in [4.69, 9.17) is 5.73 Å². The number of hydrogen-bond acceptors (Lipinski definition) is 2. The van der Waals surface area contributed by atoms with Gasteiger partial charge in [0, 0.05) is 0 Å². The third-order valence-corrected chi connectivity index (χ3v) is 0.532. The SMILES string of the molecule is Cl.NC1=NC(=O)N=C1. The highest BCUT2D eigenvalue weighted by Gasteiger charge is 2.00. The van der Waals surface area contributed by atoms with Crippen LogP contribution in [0.15, 0.2) is 9.98 Å². The summed E-state index contributed by atoms with van der Waals surface area (Å²) in [6, 6.07) is -0.516. The normalized spacial score (nSPS) is 15.5. The lowest BCUT2D eigenvalue weighted by Gasteiger charge is -1.70. The Labute approximate surface area is 51.9 Å². The molecule has 0 atom stereocenters. The first-order valence-electron chi connectivity index (χ1n) is 1.71. The number of amidine groups is 1. The third kappa shape index (κ3) is 1.31. The van der Waals surface area contributed by atoms with Crippen LogP contribution in [0.5, 0.6) is 0 Å². The molecule has 4 nitrogen and oxygen atoms in total. The number of rotatable bonds is 0. The minimum absolute atomic E-state index is 0. The second kappa shape index (κ2) is 2.42. The van der Waals surface area contributed by atoms with Crippen LogP contribution in [0.4, 0.5) is 4.79 Å². The molecule has 1 aliphatic rings. The summed E-state index contributed by atoms with van der Waals surface area (Å²) in [5.41, 5.74) is 5.00. The number of amides is 2. The highest BCUT2D eigenvalue weighted by molar-refractivity contribution is 6.35. The van der Waals surface area contributed by atoms with Crippen molar-refractivity contribution in [2.75, 3.05) is 0 Å². The molecule has 0 aromatic rings. The number of nitrogens with zero attached hydrogens (tertiary/aromatic N) is 2. The summed E-state index contributed by atoms with van der Waals surface area (Å²) >= 11 is 0. The molecule has 5 heteroatoms. The summed E-state index contributed by atoms with van der Waals surface area (Å²) in [5.74, 6) is 0.185. The Morgan fingerprint density at radius 1 is 1.62 bits per heavy atom. The highest BCUT2D eigenvalue weighted by Crippen LogP contribution is 1.85. The second-order valence-corrected chi connectivity index (χ2v) is 1.08. The third-order valence-electron chi connectivity index (χ3n) is 0.532. The summed E-state index contributed by atoms with van der Waals surface area (Å²) in [7, 11) is 0. The summed E-state index contributed by atoms with van der Waals surface area (Å²) in [6.07, 6.45) is 1.22. The van der Waals surface area contributed by atoms with Crippen molar-refractivity contribution in [2.45, 2.75) is 0 Å². The van der Waals surface area contributed by atoms with Gasteiger partial charge in [0.1, 0.15) is 5.84 Å². The Hall–Kier alpha value is -0.900. The van der Waals surface area contributed by atoms with Crippen LogP contribution in [-0.4, -0.2) is 18.1 Å². The smallest absolute Gasteiger partial charge is 0.369 e. The van der Waals surface area contributed by atoms with Crippen molar-refractivity contribution < 1.29 is 4.79 Å². The largest absolute Gasteiger partial charge is 0.382 e. The van der Waals surface area contributed by atoms with Crippen molar-refractivity contribution in [1.29, 1.82) is 0 Å². The van der Waals surface area contributed by atoms with Gasteiger partial charge in [0.2, 0.25) is 0 Å². The average molecular weight is 134 g/mol. The molecule has 0 fully saturated rings. The van der Waals surface area contributed by atoms with Gasteiger partial charge in [0.15, 0.2) is 0 Å². The Bertz CT molecular complexity index is 162. The van der Waals surface area contributed by atoms with Gasteiger partial charge in [-0.2, -0.15) is 9.98 Å². The fourth-order valence-corrected chi connectivity index (χ4v) is 0.290. The van der Waals surface area contributed by atoms with Crippen LogP contribution in [0, 0.1) is 0 Å². The Morgan fingerprint density at radius 3 is 2.38 bits per heavy atom. The van der Waals surface area contributed by atoms with E-state index in [9.17, 15) is 4.79 Å². The molecule has 0 spiro atoms. The number of carbonyl (C=O) groups excluding carboxylic acids is 1. The molecule has 2 N–H and O–H groups in total. The molecule has 8 heavy (non-hydrogen) atoms. The Morgan fingerprint density at radius 2 is 2.25 bits per heavy atom. The molecule has 0 unspecified atom stereocenters. The van der Waals surface area contributed by atoms with Crippen molar-refractivity contribution in [3.05, 3.63) is 0 Å². The van der Waals surface area contributed by atoms with Crippen LogP contribution in [0.25, 0.3) is 0 Å². The van der Waals surface area contributed by atoms with Crippen LogP contribution in [0.1, 0.15) is 0 Å². The predicted molar refractivity (Wildman–Crippen MR) is 32.8 cm³/mol. The first-order valence-corrected chi connectivity index (χ1v) is 1.71. The number of hydrogen-bond donors (Lipinski definition) is 1. The van der Waals surface area contributed by atoms with Crippen molar-refractivity contribution in [1.82, 2.24) is 0 Å². The van der Waals surface area contributed by atoms with E-state index >= 15 is 0 Å². The monoisotopic (exact) mass is 133 g/mol. The van der Waals surface area contributed by atoms with Crippen molar-refractivity contribution in [3.63, 3.8) is 0 Å². The molecule has 0 radical (unpaired) electrons. The molecular weight excluding hydrogens is 130 g/mol. The standard InChI is InChI=1S/C3H3N3O.ClH/c4-2-1-5-3(7)6-2;/h1H,(H2,4,6,7);1H. The van der Waals surface area contributed by atoms with Gasteiger partial charge in [0.05, 0.1) is 6.21 Å². The van der Waals surface area contributed by atoms with E-state index in [1.807, 2.05) is 0 Å². The zero-order chi connectivity index (χ0) is 5.28. The first-order chi connectivity index (χ1) is 3.29.